The van der Waals surface area contributed by atoms with Crippen molar-refractivity contribution in [3.05, 3.63) is 24.3 Å². The molecule has 14 heavy (non-hydrogen) atoms. The van der Waals surface area contributed by atoms with Crippen LogP contribution in [0.2, 0.25) is 0 Å². The van der Waals surface area contributed by atoms with E-state index in [9.17, 15) is 0 Å². The van der Waals surface area contributed by atoms with Gasteiger partial charge >= 0.3 is 0 Å². The maximum Gasteiger partial charge on any atom is 0.119 e. The summed E-state index contributed by atoms with van der Waals surface area (Å²) in [5.41, 5.74) is 0.933. The highest BCUT2D eigenvalue weighted by Gasteiger charge is 1.91. The molecule has 1 aromatic carbocycles. The van der Waals surface area contributed by atoms with Gasteiger partial charge in [-0.05, 0) is 31.2 Å². The van der Waals surface area contributed by atoms with Gasteiger partial charge < -0.3 is 9.64 Å². The molecule has 0 radical (unpaired) electrons. The fraction of sp³-hybridized carbons (Fsp3) is 0.364. The van der Waals surface area contributed by atoms with E-state index in [2.05, 4.69) is 4.99 Å². The summed E-state index contributed by atoms with van der Waals surface area (Å²) in [5.74, 6) is 0.885. The molecule has 0 aliphatic carbocycles. The molecule has 0 heterocycles. The summed E-state index contributed by atoms with van der Waals surface area (Å²) in [7, 11) is 3.89. The van der Waals surface area contributed by atoms with Crippen LogP contribution >= 0.6 is 0 Å². The predicted molar refractivity (Wildman–Crippen MR) is 59.5 cm³/mol. The normalized spacial score (nSPS) is 10.5. The molecule has 1 rings (SSSR count). The average molecular weight is 192 g/mol. The van der Waals surface area contributed by atoms with Crippen LogP contribution in [0.3, 0.4) is 0 Å². The SMILES string of the molecule is CCOc1ccc(N=CN(C)C)cc1. The highest BCUT2D eigenvalue weighted by molar-refractivity contribution is 5.60. The molecule has 0 spiro atoms. The lowest BCUT2D eigenvalue weighted by atomic mass is 10.3. The van der Waals surface area contributed by atoms with E-state index in [-0.39, 0.29) is 0 Å². The molecule has 0 aliphatic heterocycles. The van der Waals surface area contributed by atoms with Crippen LogP contribution in [0.4, 0.5) is 5.69 Å². The van der Waals surface area contributed by atoms with Gasteiger partial charge in [-0.1, -0.05) is 0 Å². The molecule has 3 heteroatoms. The third-order valence-electron chi connectivity index (χ3n) is 1.59. The molecule has 0 amide bonds. The van der Waals surface area contributed by atoms with E-state index in [0.717, 1.165) is 11.4 Å². The van der Waals surface area contributed by atoms with Crippen LogP contribution < -0.4 is 4.74 Å². The first kappa shape index (κ1) is 10.6. The van der Waals surface area contributed by atoms with Crippen LogP contribution in [0, 0.1) is 0 Å². The van der Waals surface area contributed by atoms with Crippen molar-refractivity contribution < 1.29 is 4.74 Å². The van der Waals surface area contributed by atoms with Gasteiger partial charge in [-0.25, -0.2) is 4.99 Å². The number of rotatable bonds is 4. The Labute approximate surface area is 85.0 Å². The second-order valence-electron chi connectivity index (χ2n) is 3.14. The summed E-state index contributed by atoms with van der Waals surface area (Å²) < 4.78 is 5.32. The lowest BCUT2D eigenvalue weighted by Crippen LogP contribution is -2.06. The maximum atomic E-state index is 5.32. The molecule has 0 saturated heterocycles. The summed E-state index contributed by atoms with van der Waals surface area (Å²) in [5, 5.41) is 0. The molecule has 3 nitrogen and oxygen atoms in total. The van der Waals surface area contributed by atoms with E-state index < -0.39 is 0 Å². The minimum Gasteiger partial charge on any atom is -0.494 e. The molecule has 76 valence electrons. The van der Waals surface area contributed by atoms with Gasteiger partial charge in [-0.15, -0.1) is 0 Å². The standard InChI is InChI=1S/C11H16N2O/c1-4-14-11-7-5-10(6-8-11)12-9-13(2)3/h5-9H,4H2,1-3H3. The highest BCUT2D eigenvalue weighted by atomic mass is 16.5. The van der Waals surface area contributed by atoms with Crippen LogP contribution in [0.5, 0.6) is 5.75 Å². The van der Waals surface area contributed by atoms with Crippen LogP contribution in [-0.4, -0.2) is 31.9 Å². The molecule has 0 saturated carbocycles. The van der Waals surface area contributed by atoms with E-state index in [1.807, 2.05) is 50.2 Å². The van der Waals surface area contributed by atoms with Gasteiger partial charge in [0.15, 0.2) is 0 Å². The number of hydrogen-bond donors (Lipinski definition) is 0. The minimum atomic E-state index is 0.695. The van der Waals surface area contributed by atoms with E-state index in [0.29, 0.717) is 6.61 Å². The van der Waals surface area contributed by atoms with Gasteiger partial charge in [0.25, 0.3) is 0 Å². The third-order valence-corrected chi connectivity index (χ3v) is 1.59. The number of ether oxygens (including phenoxy) is 1. The van der Waals surface area contributed by atoms with Crippen molar-refractivity contribution in [3.63, 3.8) is 0 Å². The molecule has 0 unspecified atom stereocenters. The van der Waals surface area contributed by atoms with E-state index in [4.69, 9.17) is 4.74 Å². The second kappa shape index (κ2) is 5.27. The Hall–Kier alpha value is -1.51. The molecule has 0 aliphatic rings. The molecule has 1 aromatic rings. The van der Waals surface area contributed by atoms with Crippen molar-refractivity contribution >= 4 is 12.0 Å². The molecule has 0 atom stereocenters. The summed E-state index contributed by atoms with van der Waals surface area (Å²) in [6, 6.07) is 7.72. The minimum absolute atomic E-state index is 0.695. The Kier molecular flexibility index (Phi) is 3.98. The van der Waals surface area contributed by atoms with Crippen molar-refractivity contribution in [2.45, 2.75) is 6.92 Å². The topological polar surface area (TPSA) is 24.8 Å². The van der Waals surface area contributed by atoms with Gasteiger partial charge in [-0.2, -0.15) is 0 Å². The fourth-order valence-electron chi connectivity index (χ4n) is 0.977. The largest absolute Gasteiger partial charge is 0.494 e. The molecular formula is C11H16N2O. The van der Waals surface area contributed by atoms with Crippen molar-refractivity contribution in [1.29, 1.82) is 0 Å². The Morgan fingerprint density at radius 1 is 1.29 bits per heavy atom. The van der Waals surface area contributed by atoms with Gasteiger partial charge in [0.1, 0.15) is 5.75 Å². The van der Waals surface area contributed by atoms with Crippen LogP contribution in [0.15, 0.2) is 29.3 Å². The van der Waals surface area contributed by atoms with Crippen LogP contribution in [0.25, 0.3) is 0 Å². The summed E-state index contributed by atoms with van der Waals surface area (Å²) >= 11 is 0. The number of aliphatic imine (C=N–C) groups is 1. The molecule has 0 N–H and O–H groups in total. The highest BCUT2D eigenvalue weighted by Crippen LogP contribution is 2.17. The molecular weight excluding hydrogens is 176 g/mol. The smallest absolute Gasteiger partial charge is 0.119 e. The summed E-state index contributed by atoms with van der Waals surface area (Å²) in [6.07, 6.45) is 1.77. The molecule has 0 aromatic heterocycles. The van der Waals surface area contributed by atoms with Crippen molar-refractivity contribution in [3.8, 4) is 5.75 Å². The number of hydrogen-bond acceptors (Lipinski definition) is 2. The zero-order valence-electron chi connectivity index (χ0n) is 8.90. The second-order valence-corrected chi connectivity index (χ2v) is 3.14. The fourth-order valence-corrected chi connectivity index (χ4v) is 0.977. The average Bonchev–Trinajstić information content (AvgIpc) is 2.17. The maximum absolute atomic E-state index is 5.32. The van der Waals surface area contributed by atoms with E-state index >= 15 is 0 Å². The zero-order valence-corrected chi connectivity index (χ0v) is 8.90. The van der Waals surface area contributed by atoms with Crippen molar-refractivity contribution in [1.82, 2.24) is 4.90 Å². The van der Waals surface area contributed by atoms with Crippen LogP contribution in [0.1, 0.15) is 6.92 Å². The first-order valence-corrected chi connectivity index (χ1v) is 4.66. The van der Waals surface area contributed by atoms with Gasteiger partial charge in [-0.3, -0.25) is 0 Å². The predicted octanol–water partition coefficient (Wildman–Crippen LogP) is 2.31. The Morgan fingerprint density at radius 3 is 2.43 bits per heavy atom. The van der Waals surface area contributed by atoms with Crippen molar-refractivity contribution in [2.75, 3.05) is 20.7 Å². The Bertz CT molecular complexity index is 291. The van der Waals surface area contributed by atoms with Gasteiger partial charge in [0.2, 0.25) is 0 Å². The zero-order chi connectivity index (χ0) is 10.4. The first-order chi connectivity index (χ1) is 6.72. The molecule has 0 bridgehead atoms. The van der Waals surface area contributed by atoms with Crippen molar-refractivity contribution in [2.24, 2.45) is 4.99 Å². The number of nitrogens with zero attached hydrogens (tertiary/aromatic N) is 2. The van der Waals surface area contributed by atoms with E-state index in [1.54, 1.807) is 6.34 Å². The van der Waals surface area contributed by atoms with Crippen LogP contribution in [-0.2, 0) is 0 Å². The summed E-state index contributed by atoms with van der Waals surface area (Å²) in [4.78, 5) is 6.15. The lowest BCUT2D eigenvalue weighted by Gasteiger charge is -2.04. The monoisotopic (exact) mass is 192 g/mol. The lowest BCUT2D eigenvalue weighted by molar-refractivity contribution is 0.340. The summed E-state index contributed by atoms with van der Waals surface area (Å²) in [6.45, 7) is 2.67. The van der Waals surface area contributed by atoms with E-state index in [1.165, 1.54) is 0 Å². The Morgan fingerprint density at radius 2 is 1.93 bits per heavy atom. The number of benzene rings is 1. The molecule has 0 fully saturated rings. The van der Waals surface area contributed by atoms with Gasteiger partial charge in [0.05, 0.1) is 18.6 Å². The first-order valence-electron chi connectivity index (χ1n) is 4.66. The Balaban J connectivity index is 2.64. The van der Waals surface area contributed by atoms with Gasteiger partial charge in [0, 0.05) is 14.1 Å². The quantitative estimate of drug-likeness (QED) is 0.540. The third kappa shape index (κ3) is 3.47.